The minimum atomic E-state index is -0.745. The van der Waals surface area contributed by atoms with Crippen LogP contribution in [0.15, 0.2) is 274 Å². The van der Waals surface area contributed by atoms with Crippen LogP contribution in [0.3, 0.4) is 0 Å². The van der Waals surface area contributed by atoms with Crippen molar-refractivity contribution < 1.29 is 33.9 Å². The summed E-state index contributed by atoms with van der Waals surface area (Å²) >= 11 is 5.77. The molecule has 12 rings (SSSR count). The lowest BCUT2D eigenvalue weighted by Gasteiger charge is -2.11. The molecule has 0 saturated heterocycles. The number of amides is 1. The van der Waals surface area contributed by atoms with Crippen LogP contribution in [-0.4, -0.2) is 59.0 Å². The van der Waals surface area contributed by atoms with E-state index in [4.69, 9.17) is 42.4 Å². The molecule has 0 aliphatic carbocycles. The summed E-state index contributed by atoms with van der Waals surface area (Å²) < 4.78 is 17.2. The Morgan fingerprint density at radius 1 is 0.392 bits per heavy atom. The molecule has 0 aliphatic heterocycles. The molecular formula is C73H71BClN15O7. The van der Waals surface area contributed by atoms with Gasteiger partial charge in [-0.15, -0.1) is 0 Å². The number of nitrogens with zero attached hydrogens (tertiary/aromatic N) is 6. The Labute approximate surface area is 567 Å². The van der Waals surface area contributed by atoms with E-state index in [0.717, 1.165) is 80.0 Å². The number of carbonyl (C=O) groups is 2. The van der Waals surface area contributed by atoms with Gasteiger partial charge in [-0.3, -0.25) is 9.59 Å². The van der Waals surface area contributed by atoms with E-state index in [9.17, 15) is 14.6 Å². The summed E-state index contributed by atoms with van der Waals surface area (Å²) in [7, 11) is -0.603. The third-order valence-corrected chi connectivity index (χ3v) is 13.0. The van der Waals surface area contributed by atoms with Gasteiger partial charge in [-0.1, -0.05) is 98.2 Å². The van der Waals surface area contributed by atoms with Crippen LogP contribution in [0.4, 0.5) is 80.3 Å². The molecular weight excluding hydrogens is 1250 g/mol. The topological polar surface area (TPSA) is 316 Å². The van der Waals surface area contributed by atoms with E-state index < -0.39 is 13.0 Å². The fourth-order valence-electron chi connectivity index (χ4n) is 8.22. The standard InChI is InChI=1S/C25H23N5O2.C22H19N5O.C12H11NO.C11H12BClN4O.C3H6O2/c1-2-25(31)30-20-8-6-7-19(15-20)29-24-16-23(26-17-27-24)28-18-11-13-22(14-12-18)32-21-9-4-3-5-10-21;23-16-5-4-6-18(13-16)27-22-14-21(24-15-25-22)26-17-9-11-20(12-10-17)28-19-7-2-1-3-8-19;13-10-6-8-12(9-7-10)14-11-4-2-1-3-5-11;1-12(18)17-9-4-2-3-8(5-9)16-11-6-10(13)14-7-15-11;1-2-3(4)5/h3-17H,2H2,1H3,(H,30,31)(H2,26,27,28,29);1-15H,23H2,(H2,24,25,26,27);1-9H,13H2;2-7,17-18H,1H3,(H,14,15,16);2H2,1H3,(H,4,5). The maximum atomic E-state index is 11.6. The van der Waals surface area contributed by atoms with E-state index in [1.165, 1.54) is 19.0 Å². The predicted molar refractivity (Wildman–Crippen MR) is 389 cm³/mol. The predicted octanol–water partition coefficient (Wildman–Crippen LogP) is 17.4. The van der Waals surface area contributed by atoms with Gasteiger partial charge in [0.25, 0.3) is 0 Å². The maximum absolute atomic E-state index is 11.6. The number of hydrogen-bond donors (Lipinski definition) is 11. The highest BCUT2D eigenvalue weighted by atomic mass is 35.5. The largest absolute Gasteiger partial charge is 0.481 e. The number of aliphatic carboxylic acids is 1. The molecule has 0 spiro atoms. The second kappa shape index (κ2) is 37.7. The maximum Gasteiger partial charge on any atom is 0.406 e. The van der Waals surface area contributed by atoms with Gasteiger partial charge in [0.2, 0.25) is 5.91 Å². The molecule has 3 heterocycles. The van der Waals surface area contributed by atoms with E-state index >= 15 is 0 Å². The molecule has 0 aliphatic rings. The number of nitrogen functional groups attached to an aromatic ring is 2. The van der Waals surface area contributed by atoms with Gasteiger partial charge in [0.1, 0.15) is 87.7 Å². The number of carboxylic acids is 1. The number of ether oxygens (including phenoxy) is 3. The third kappa shape index (κ3) is 26.1. The number of nitrogens with two attached hydrogens (primary N) is 2. The smallest absolute Gasteiger partial charge is 0.406 e. The van der Waals surface area contributed by atoms with Crippen molar-refractivity contribution in [2.24, 2.45) is 0 Å². The number of carbonyl (C=O) groups excluding carboxylic acids is 1. The lowest BCUT2D eigenvalue weighted by atomic mass is 9.88. The minimum Gasteiger partial charge on any atom is -0.481 e. The molecule has 24 heteroatoms. The number of aromatic nitrogens is 6. The number of benzene rings is 9. The zero-order valence-electron chi connectivity index (χ0n) is 53.1. The van der Waals surface area contributed by atoms with Crippen LogP contribution in [0.5, 0.6) is 34.5 Å². The van der Waals surface area contributed by atoms with Crippen molar-refractivity contribution in [2.75, 3.05) is 48.6 Å². The van der Waals surface area contributed by atoms with Crippen LogP contribution in [-0.2, 0) is 9.59 Å². The lowest BCUT2D eigenvalue weighted by molar-refractivity contribution is -0.136. The van der Waals surface area contributed by atoms with Crippen LogP contribution >= 0.6 is 11.6 Å². The summed E-state index contributed by atoms with van der Waals surface area (Å²) in [5, 5.41) is 39.2. The van der Waals surface area contributed by atoms with Gasteiger partial charge in [-0.25, -0.2) is 29.9 Å². The van der Waals surface area contributed by atoms with Crippen molar-refractivity contribution in [3.63, 3.8) is 0 Å². The SMILES string of the molecule is CB(O)Nc1cccc(Nc2cc(Cl)ncn2)c1.CCC(=O)Nc1cccc(Nc2cc(Nc3ccc(Oc4ccccc4)cc3)ncn2)c1.CCC(=O)O.Nc1ccc(Oc2ccccc2)cc1.Nc1cccc(Nc2cc(Nc3ccc(Oc4ccccc4)cc3)ncn2)c1. The van der Waals surface area contributed by atoms with E-state index in [-0.39, 0.29) is 12.3 Å². The molecule has 9 aromatic carbocycles. The number of halogens is 1. The van der Waals surface area contributed by atoms with Gasteiger partial charge >= 0.3 is 13.0 Å². The second-order valence-electron chi connectivity index (χ2n) is 20.5. The van der Waals surface area contributed by atoms with Gasteiger partial charge in [-0.2, -0.15) is 0 Å². The fraction of sp³-hybridized carbons (Fsp3) is 0.0685. The summed E-state index contributed by atoms with van der Waals surface area (Å²) in [6.45, 7) is 5.07. The van der Waals surface area contributed by atoms with Crippen LogP contribution in [0, 0.1) is 0 Å². The molecule has 0 radical (unpaired) electrons. The van der Waals surface area contributed by atoms with Crippen molar-refractivity contribution in [3.05, 3.63) is 279 Å². The molecule has 1 amide bonds. The Morgan fingerprint density at radius 2 is 0.732 bits per heavy atom. The minimum absolute atomic E-state index is 0.0316. The molecule has 3 aromatic heterocycles. The molecule has 13 N–H and O–H groups in total. The van der Waals surface area contributed by atoms with Gasteiger partial charge < -0.3 is 72.9 Å². The number of carboxylic acid groups (broad SMARTS) is 1. The Balaban J connectivity index is 0.000000168. The number of nitrogens with one attached hydrogen (secondary N) is 7. The zero-order chi connectivity index (χ0) is 68.4. The normalized spacial score (nSPS) is 9.99. The lowest BCUT2D eigenvalue weighted by Crippen LogP contribution is -2.19. The van der Waals surface area contributed by atoms with Gasteiger partial charge in [0.05, 0.1) is 0 Å². The fourth-order valence-corrected chi connectivity index (χ4v) is 8.37. The van der Waals surface area contributed by atoms with Crippen LogP contribution in [0.2, 0.25) is 12.0 Å². The monoisotopic (exact) mass is 1320 g/mol. The molecule has 0 saturated carbocycles. The second-order valence-corrected chi connectivity index (χ2v) is 20.9. The molecule has 0 bridgehead atoms. The molecule has 12 aromatic rings. The highest BCUT2D eigenvalue weighted by molar-refractivity contribution is 6.52. The molecule has 0 unspecified atom stereocenters. The third-order valence-electron chi connectivity index (χ3n) is 12.8. The molecule has 97 heavy (non-hydrogen) atoms. The Hall–Kier alpha value is -12.7. The first kappa shape index (κ1) is 70.1. The van der Waals surface area contributed by atoms with Crippen molar-refractivity contribution in [3.8, 4) is 34.5 Å². The quantitative estimate of drug-likeness (QED) is 0.0181. The Kier molecular flexibility index (Phi) is 27.3. The van der Waals surface area contributed by atoms with Gasteiger partial charge in [-0.05, 0) is 171 Å². The number of rotatable bonds is 21. The van der Waals surface area contributed by atoms with Crippen molar-refractivity contribution in [1.29, 1.82) is 0 Å². The van der Waals surface area contributed by atoms with Crippen molar-refractivity contribution in [2.45, 2.75) is 33.5 Å². The molecule has 0 fully saturated rings. The molecule has 22 nitrogen and oxygen atoms in total. The highest BCUT2D eigenvalue weighted by Gasteiger charge is 2.08. The summed E-state index contributed by atoms with van der Waals surface area (Å²) in [4.78, 5) is 45.9. The first-order chi connectivity index (χ1) is 47.2. The van der Waals surface area contributed by atoms with Crippen LogP contribution in [0.1, 0.15) is 26.7 Å². The first-order valence-electron chi connectivity index (χ1n) is 30.4. The van der Waals surface area contributed by atoms with Crippen molar-refractivity contribution >= 4 is 111 Å². The Bertz CT molecular complexity index is 4350. The van der Waals surface area contributed by atoms with E-state index in [1.54, 1.807) is 19.8 Å². The average molecular weight is 1320 g/mol. The zero-order valence-corrected chi connectivity index (χ0v) is 53.9. The summed E-state index contributed by atoms with van der Waals surface area (Å²) in [6, 6.07) is 79.4. The van der Waals surface area contributed by atoms with Crippen molar-refractivity contribution in [1.82, 2.24) is 29.9 Å². The number of hydrogen-bond acceptors (Lipinski definition) is 20. The highest BCUT2D eigenvalue weighted by Crippen LogP contribution is 2.29. The summed E-state index contributed by atoms with van der Waals surface area (Å²) in [6.07, 6.45) is 5.03. The van der Waals surface area contributed by atoms with Gasteiger partial charge in [0, 0.05) is 82.2 Å². The number of para-hydroxylation sites is 3. The van der Waals surface area contributed by atoms with Crippen LogP contribution < -0.4 is 62.8 Å². The van der Waals surface area contributed by atoms with E-state index in [2.05, 4.69) is 67.0 Å². The molecule has 0 atom stereocenters. The van der Waals surface area contributed by atoms with E-state index in [0.29, 0.717) is 46.4 Å². The average Bonchev–Trinajstić information content (AvgIpc) is 1.18. The number of anilines is 14. The molecule has 490 valence electrons. The first-order valence-corrected chi connectivity index (χ1v) is 30.8. The summed E-state index contributed by atoms with van der Waals surface area (Å²) in [5.41, 5.74) is 18.6. The Morgan fingerprint density at radius 3 is 1.12 bits per heavy atom. The summed E-state index contributed by atoms with van der Waals surface area (Å²) in [5.74, 6) is 7.21. The van der Waals surface area contributed by atoms with E-state index in [1.807, 2.05) is 256 Å². The van der Waals surface area contributed by atoms with Gasteiger partial charge in [0.15, 0.2) is 0 Å². The van der Waals surface area contributed by atoms with Crippen LogP contribution in [0.25, 0.3) is 0 Å².